The van der Waals surface area contributed by atoms with Gasteiger partial charge in [-0.1, -0.05) is 60.1 Å². The minimum atomic E-state index is -0.500. The topological polar surface area (TPSA) is 82.5 Å². The lowest BCUT2D eigenvalue weighted by molar-refractivity contribution is -0.115. The molecule has 198 valence electrons. The molecule has 0 aliphatic carbocycles. The van der Waals surface area contributed by atoms with Gasteiger partial charge in [0.15, 0.2) is 16.7 Å². The molecule has 0 aliphatic heterocycles. The van der Waals surface area contributed by atoms with Gasteiger partial charge in [-0.15, -0.1) is 0 Å². The first-order valence-electron chi connectivity index (χ1n) is 12.0. The molecule has 0 bridgehead atoms. The SMILES string of the molecule is CCC(Sc1nc2cc(OC)c(OC)cc2c(=O)n1CCc1ccc(Cl)cc1)C(=O)Nc1cccc(Cl)c1. The third-order valence-electron chi connectivity index (χ3n) is 5.96. The standard InChI is InChI=1S/C28H27Cl2N3O4S/c1-4-25(26(34)31-20-7-5-6-19(30)14-20)38-28-32-22-16-24(37-3)23(36-2)15-21(22)27(35)33(28)13-12-17-8-10-18(29)11-9-17/h5-11,14-16,25H,4,12-13H2,1-3H3,(H,31,34). The van der Waals surface area contributed by atoms with Crippen molar-refractivity contribution in [2.45, 2.75) is 36.7 Å². The third kappa shape index (κ3) is 6.43. The van der Waals surface area contributed by atoms with E-state index in [1.807, 2.05) is 31.2 Å². The van der Waals surface area contributed by atoms with E-state index in [0.717, 1.165) is 5.56 Å². The summed E-state index contributed by atoms with van der Waals surface area (Å²) in [5.74, 6) is 0.703. The number of anilines is 1. The molecular formula is C28H27Cl2N3O4S. The Morgan fingerprint density at radius 3 is 2.39 bits per heavy atom. The second-order valence-electron chi connectivity index (χ2n) is 8.47. The van der Waals surface area contributed by atoms with Gasteiger partial charge in [0.05, 0.1) is 30.4 Å². The highest BCUT2D eigenvalue weighted by atomic mass is 35.5. The van der Waals surface area contributed by atoms with Crippen molar-refractivity contribution in [3.8, 4) is 11.5 Å². The second-order valence-corrected chi connectivity index (χ2v) is 10.5. The summed E-state index contributed by atoms with van der Waals surface area (Å²) in [6.07, 6.45) is 1.10. The van der Waals surface area contributed by atoms with Crippen LogP contribution in [0.4, 0.5) is 5.69 Å². The number of ether oxygens (including phenoxy) is 2. The molecule has 1 N–H and O–H groups in total. The molecular weight excluding hydrogens is 545 g/mol. The van der Waals surface area contributed by atoms with Crippen molar-refractivity contribution in [3.05, 3.63) is 86.6 Å². The molecule has 10 heteroatoms. The van der Waals surface area contributed by atoms with Gasteiger partial charge in [0, 0.05) is 28.3 Å². The number of hydrogen-bond donors (Lipinski definition) is 1. The number of amides is 1. The molecule has 0 saturated heterocycles. The number of rotatable bonds is 10. The Balaban J connectivity index is 1.72. The highest BCUT2D eigenvalue weighted by molar-refractivity contribution is 8.00. The molecule has 1 atom stereocenters. The summed E-state index contributed by atoms with van der Waals surface area (Å²) >= 11 is 13.4. The van der Waals surface area contributed by atoms with E-state index in [4.69, 9.17) is 37.7 Å². The van der Waals surface area contributed by atoms with E-state index in [-0.39, 0.29) is 11.5 Å². The van der Waals surface area contributed by atoms with Crippen LogP contribution in [0.15, 0.2) is 70.6 Å². The normalized spacial score (nSPS) is 11.8. The number of halogens is 2. The Kier molecular flexibility index (Phi) is 9.20. The maximum absolute atomic E-state index is 13.7. The van der Waals surface area contributed by atoms with Gasteiger partial charge in [0.1, 0.15) is 0 Å². The van der Waals surface area contributed by atoms with Crippen molar-refractivity contribution in [2.24, 2.45) is 0 Å². The summed E-state index contributed by atoms with van der Waals surface area (Å²) in [5, 5.41) is 4.43. The monoisotopic (exact) mass is 571 g/mol. The first kappa shape index (κ1) is 27.8. The predicted molar refractivity (Wildman–Crippen MR) is 154 cm³/mol. The van der Waals surface area contributed by atoms with E-state index in [0.29, 0.717) is 62.7 Å². The Bertz CT molecular complexity index is 1510. The lowest BCUT2D eigenvalue weighted by Crippen LogP contribution is -2.28. The third-order valence-corrected chi connectivity index (χ3v) is 7.81. The van der Waals surface area contributed by atoms with Crippen LogP contribution in [-0.4, -0.2) is 34.9 Å². The minimum absolute atomic E-state index is 0.203. The first-order valence-corrected chi connectivity index (χ1v) is 13.6. The van der Waals surface area contributed by atoms with E-state index in [1.165, 1.54) is 26.0 Å². The van der Waals surface area contributed by atoms with Gasteiger partial charge in [-0.05, 0) is 54.8 Å². The average Bonchev–Trinajstić information content (AvgIpc) is 2.91. The Morgan fingerprint density at radius 1 is 1.03 bits per heavy atom. The number of aromatic nitrogens is 2. The Morgan fingerprint density at radius 2 is 1.74 bits per heavy atom. The molecule has 1 aromatic heterocycles. The molecule has 3 aromatic carbocycles. The van der Waals surface area contributed by atoms with E-state index in [2.05, 4.69) is 5.32 Å². The lowest BCUT2D eigenvalue weighted by atomic mass is 10.1. The number of thioether (sulfide) groups is 1. The molecule has 4 aromatic rings. The van der Waals surface area contributed by atoms with Crippen LogP contribution in [0.25, 0.3) is 10.9 Å². The summed E-state index contributed by atoms with van der Waals surface area (Å²) in [6, 6.07) is 17.8. The lowest BCUT2D eigenvalue weighted by Gasteiger charge is -2.19. The van der Waals surface area contributed by atoms with Crippen LogP contribution in [0.2, 0.25) is 10.0 Å². The molecule has 1 unspecified atom stereocenters. The van der Waals surface area contributed by atoms with E-state index < -0.39 is 5.25 Å². The fourth-order valence-electron chi connectivity index (χ4n) is 3.95. The number of fused-ring (bicyclic) bond motifs is 1. The van der Waals surface area contributed by atoms with Crippen molar-refractivity contribution >= 4 is 57.5 Å². The molecule has 0 spiro atoms. The second kappa shape index (κ2) is 12.6. The number of aryl methyl sites for hydroxylation is 1. The van der Waals surface area contributed by atoms with Crippen molar-refractivity contribution in [3.63, 3.8) is 0 Å². The highest BCUT2D eigenvalue weighted by Gasteiger charge is 2.23. The summed E-state index contributed by atoms with van der Waals surface area (Å²) in [5.41, 5.74) is 1.86. The average molecular weight is 573 g/mol. The van der Waals surface area contributed by atoms with Crippen LogP contribution in [-0.2, 0) is 17.8 Å². The van der Waals surface area contributed by atoms with Crippen LogP contribution in [0.5, 0.6) is 11.5 Å². The van der Waals surface area contributed by atoms with E-state index in [1.54, 1.807) is 41.0 Å². The van der Waals surface area contributed by atoms with Gasteiger partial charge in [-0.2, -0.15) is 0 Å². The minimum Gasteiger partial charge on any atom is -0.493 e. The smallest absolute Gasteiger partial charge is 0.262 e. The van der Waals surface area contributed by atoms with Gasteiger partial charge >= 0.3 is 0 Å². The Hall–Kier alpha value is -3.20. The maximum atomic E-state index is 13.7. The predicted octanol–water partition coefficient (Wildman–Crippen LogP) is 6.47. The summed E-state index contributed by atoms with van der Waals surface area (Å²) in [6.45, 7) is 2.28. The van der Waals surface area contributed by atoms with Crippen molar-refractivity contribution in [1.29, 1.82) is 0 Å². The fourth-order valence-corrected chi connectivity index (χ4v) is 5.30. The molecule has 0 fully saturated rings. The summed E-state index contributed by atoms with van der Waals surface area (Å²) in [4.78, 5) is 31.7. The molecule has 1 heterocycles. The molecule has 7 nitrogen and oxygen atoms in total. The molecule has 0 saturated carbocycles. The summed E-state index contributed by atoms with van der Waals surface area (Å²) in [7, 11) is 3.05. The number of benzene rings is 3. The van der Waals surface area contributed by atoms with Gasteiger partial charge in [0.25, 0.3) is 5.56 Å². The van der Waals surface area contributed by atoms with Gasteiger partial charge in [0.2, 0.25) is 5.91 Å². The number of hydrogen-bond acceptors (Lipinski definition) is 6. The fraction of sp³-hybridized carbons (Fsp3) is 0.250. The van der Waals surface area contributed by atoms with Crippen LogP contribution in [0, 0.1) is 0 Å². The summed E-state index contributed by atoms with van der Waals surface area (Å²) < 4.78 is 12.4. The van der Waals surface area contributed by atoms with Crippen LogP contribution in [0.1, 0.15) is 18.9 Å². The van der Waals surface area contributed by atoms with Gasteiger partial charge in [-0.3, -0.25) is 14.2 Å². The molecule has 1 amide bonds. The van der Waals surface area contributed by atoms with Crippen molar-refractivity contribution < 1.29 is 14.3 Å². The van der Waals surface area contributed by atoms with Crippen molar-refractivity contribution in [1.82, 2.24) is 9.55 Å². The number of carbonyl (C=O) groups excluding carboxylic acids is 1. The maximum Gasteiger partial charge on any atom is 0.262 e. The van der Waals surface area contributed by atoms with Crippen LogP contribution in [0.3, 0.4) is 0 Å². The molecule has 0 radical (unpaired) electrons. The van der Waals surface area contributed by atoms with E-state index in [9.17, 15) is 9.59 Å². The van der Waals surface area contributed by atoms with Crippen molar-refractivity contribution in [2.75, 3.05) is 19.5 Å². The van der Waals surface area contributed by atoms with Crippen LogP contribution >= 0.6 is 35.0 Å². The van der Waals surface area contributed by atoms with E-state index >= 15 is 0 Å². The molecule has 4 rings (SSSR count). The zero-order valence-corrected chi connectivity index (χ0v) is 23.5. The number of methoxy groups -OCH3 is 2. The number of carbonyl (C=O) groups is 1. The van der Waals surface area contributed by atoms with Crippen LogP contribution < -0.4 is 20.3 Å². The largest absolute Gasteiger partial charge is 0.493 e. The molecule has 0 aliphatic rings. The van der Waals surface area contributed by atoms with Gasteiger partial charge < -0.3 is 14.8 Å². The first-order chi connectivity index (χ1) is 18.3. The Labute approximate surface area is 235 Å². The quantitative estimate of drug-likeness (QED) is 0.173. The highest BCUT2D eigenvalue weighted by Crippen LogP contribution is 2.32. The number of nitrogens with one attached hydrogen (secondary N) is 1. The zero-order chi connectivity index (χ0) is 27.2. The molecule has 38 heavy (non-hydrogen) atoms. The van der Waals surface area contributed by atoms with Gasteiger partial charge in [-0.25, -0.2) is 4.98 Å². The zero-order valence-electron chi connectivity index (χ0n) is 21.2. The number of nitrogens with zero attached hydrogens (tertiary/aromatic N) is 2.